The first-order valence-electron chi connectivity index (χ1n) is 3.56. The lowest BCUT2D eigenvalue weighted by atomic mass is 10.5. The topological polar surface area (TPSA) is 46.6 Å². The van der Waals surface area contributed by atoms with Crippen LogP contribution in [0.2, 0.25) is 0 Å². The van der Waals surface area contributed by atoms with Crippen molar-refractivity contribution >= 4 is 10.3 Å². The van der Waals surface area contributed by atoms with Gasteiger partial charge in [0.1, 0.15) is 13.1 Å². The van der Waals surface area contributed by atoms with Gasteiger partial charge in [-0.25, -0.2) is 0 Å². The lowest BCUT2D eigenvalue weighted by Gasteiger charge is -2.22. The predicted octanol–water partition coefficient (Wildman–Crippen LogP) is 1.30. The highest BCUT2D eigenvalue weighted by molar-refractivity contribution is 7.84. The third-order valence-electron chi connectivity index (χ3n) is 1.24. The molecule has 0 saturated heterocycles. The highest BCUT2D eigenvalue weighted by Crippen LogP contribution is 2.23. The third-order valence-corrected chi connectivity index (χ3v) is 2.55. The lowest BCUT2D eigenvalue weighted by molar-refractivity contribution is -0.166. The molecule has 0 atom stereocenters. The van der Waals surface area contributed by atoms with Crippen LogP contribution in [0.3, 0.4) is 0 Å². The van der Waals surface area contributed by atoms with E-state index in [1.54, 1.807) is 0 Å². The Morgan fingerprint density at radius 1 is 1.00 bits per heavy atom. The first kappa shape index (κ1) is 15.4. The van der Waals surface area contributed by atoms with Gasteiger partial charge in [-0.2, -0.15) is 39.1 Å². The van der Waals surface area contributed by atoms with E-state index in [1.165, 1.54) is 0 Å². The molecule has 0 aromatic carbocycles. The molecule has 4 nitrogen and oxygen atoms in total. The van der Waals surface area contributed by atoms with Crippen LogP contribution in [0.15, 0.2) is 0 Å². The Morgan fingerprint density at radius 2 is 1.31 bits per heavy atom. The minimum atomic E-state index is -5.09. The molecule has 0 spiro atoms. The van der Waals surface area contributed by atoms with Crippen LogP contribution in [0.4, 0.5) is 26.3 Å². The molecule has 0 aromatic heterocycles. The minimum Gasteiger partial charge on any atom is -0.261 e. The molecule has 0 heterocycles. The summed E-state index contributed by atoms with van der Waals surface area (Å²) in [5.74, 6) is 0. The van der Waals surface area contributed by atoms with Crippen molar-refractivity contribution in [1.82, 2.24) is 4.31 Å². The van der Waals surface area contributed by atoms with Gasteiger partial charge in [-0.3, -0.25) is 4.18 Å². The van der Waals surface area contributed by atoms with Crippen molar-refractivity contribution in [3.63, 3.8) is 0 Å². The third kappa shape index (κ3) is 6.12. The fraction of sp³-hybridized carbons (Fsp3) is 1.00. The van der Waals surface area contributed by atoms with E-state index in [2.05, 4.69) is 4.18 Å². The summed E-state index contributed by atoms with van der Waals surface area (Å²) in [5.41, 5.74) is 0. The van der Waals surface area contributed by atoms with Crippen LogP contribution in [0, 0.1) is 0 Å². The van der Waals surface area contributed by atoms with Gasteiger partial charge >= 0.3 is 22.7 Å². The van der Waals surface area contributed by atoms with E-state index in [9.17, 15) is 34.8 Å². The van der Waals surface area contributed by atoms with Crippen LogP contribution in [-0.4, -0.2) is 45.3 Å². The molecule has 0 N–H and O–H groups in total. The number of rotatable bonds is 4. The van der Waals surface area contributed by atoms with Crippen LogP contribution in [0.1, 0.15) is 0 Å². The highest BCUT2D eigenvalue weighted by atomic mass is 32.2. The van der Waals surface area contributed by atoms with E-state index in [-0.39, 0.29) is 0 Å². The monoisotopic (exact) mass is 275 g/mol. The summed E-state index contributed by atoms with van der Waals surface area (Å²) in [6, 6.07) is 0. The van der Waals surface area contributed by atoms with Crippen molar-refractivity contribution in [3.8, 4) is 0 Å². The molecule has 0 amide bonds. The zero-order valence-corrected chi connectivity index (χ0v) is 8.58. The fourth-order valence-electron chi connectivity index (χ4n) is 0.719. The van der Waals surface area contributed by atoms with Crippen molar-refractivity contribution in [2.45, 2.75) is 12.4 Å². The summed E-state index contributed by atoms with van der Waals surface area (Å²) in [7, 11) is -4.57. The molecule has 0 unspecified atom stereocenters. The normalized spacial score (nSPS) is 14.5. The maximum Gasteiger partial charge on any atom is 0.402 e. The average molecular weight is 275 g/mol. The van der Waals surface area contributed by atoms with E-state index < -0.39 is 40.1 Å². The highest BCUT2D eigenvalue weighted by Gasteiger charge is 2.42. The van der Waals surface area contributed by atoms with Crippen LogP contribution in [-0.2, 0) is 14.5 Å². The van der Waals surface area contributed by atoms with Gasteiger partial charge in [0, 0.05) is 0 Å². The van der Waals surface area contributed by atoms with Gasteiger partial charge in [0.15, 0.2) is 0 Å². The van der Waals surface area contributed by atoms with Crippen molar-refractivity contribution in [2.75, 3.05) is 20.2 Å². The Bertz CT molecular complexity index is 304. The quantitative estimate of drug-likeness (QED) is 0.727. The molecular formula is C5H7F6NO3S. The Labute approximate surface area is 87.0 Å². The maximum absolute atomic E-state index is 11.8. The first-order valence-corrected chi connectivity index (χ1v) is 4.93. The molecule has 16 heavy (non-hydrogen) atoms. The van der Waals surface area contributed by atoms with Crippen LogP contribution in [0.5, 0.6) is 0 Å². The van der Waals surface area contributed by atoms with Gasteiger partial charge < -0.3 is 0 Å². The number of alkyl halides is 6. The van der Waals surface area contributed by atoms with Gasteiger partial charge in [0.25, 0.3) is 0 Å². The molecule has 0 aliphatic carbocycles. The molecule has 11 heteroatoms. The maximum atomic E-state index is 11.8. The Hall–Kier alpha value is -0.550. The molecule has 0 fully saturated rings. The fourth-order valence-corrected chi connectivity index (χ4v) is 1.54. The summed E-state index contributed by atoms with van der Waals surface area (Å²) >= 11 is 0. The van der Waals surface area contributed by atoms with E-state index in [1.807, 2.05) is 0 Å². The second-order valence-corrected chi connectivity index (χ2v) is 4.33. The van der Waals surface area contributed by atoms with Gasteiger partial charge in [0.2, 0.25) is 0 Å². The second kappa shape index (κ2) is 4.75. The molecule has 0 aliphatic rings. The standard InChI is InChI=1S/C5H7F6NO3S/c1-15-16(13,14)12(2-4(6,7)8)3-5(9,10)11/h2-3H2,1H3. The van der Waals surface area contributed by atoms with Crippen LogP contribution < -0.4 is 0 Å². The zero-order valence-electron chi connectivity index (χ0n) is 7.76. The summed E-state index contributed by atoms with van der Waals surface area (Å²) in [6.07, 6.45) is -10.2. The van der Waals surface area contributed by atoms with E-state index in [4.69, 9.17) is 0 Å². The summed E-state index contributed by atoms with van der Waals surface area (Å²) in [4.78, 5) is 0. The number of halogens is 6. The van der Waals surface area contributed by atoms with E-state index >= 15 is 0 Å². The van der Waals surface area contributed by atoms with Crippen LogP contribution in [0.25, 0.3) is 0 Å². The molecule has 98 valence electrons. The Balaban J connectivity index is 4.94. The van der Waals surface area contributed by atoms with Gasteiger partial charge in [-0.05, 0) is 0 Å². The first-order chi connectivity index (χ1) is 6.87. The largest absolute Gasteiger partial charge is 0.402 e. The number of hydrogen-bond donors (Lipinski definition) is 0. The van der Waals surface area contributed by atoms with Crippen molar-refractivity contribution in [3.05, 3.63) is 0 Å². The molecule has 0 aromatic rings. The van der Waals surface area contributed by atoms with Crippen molar-refractivity contribution < 1.29 is 38.9 Å². The SMILES string of the molecule is COS(=O)(=O)N(CC(F)(F)F)CC(F)(F)F. The number of hydrogen-bond acceptors (Lipinski definition) is 3. The second-order valence-electron chi connectivity index (χ2n) is 2.62. The molecule has 0 saturated carbocycles. The van der Waals surface area contributed by atoms with Gasteiger partial charge in [-0.1, -0.05) is 0 Å². The Kier molecular flexibility index (Phi) is 4.59. The molecule has 0 radical (unpaired) electrons. The van der Waals surface area contributed by atoms with Gasteiger partial charge in [0.05, 0.1) is 7.11 Å². The van der Waals surface area contributed by atoms with E-state index in [0.717, 1.165) is 0 Å². The zero-order chi connectivity index (χ0) is 13.2. The minimum absolute atomic E-state index is 0.467. The molecular weight excluding hydrogens is 268 g/mol. The van der Waals surface area contributed by atoms with Crippen LogP contribution >= 0.6 is 0 Å². The van der Waals surface area contributed by atoms with Crippen molar-refractivity contribution in [2.24, 2.45) is 0 Å². The Morgan fingerprint density at radius 3 is 1.50 bits per heavy atom. The molecule has 0 aliphatic heterocycles. The summed E-state index contributed by atoms with van der Waals surface area (Å²) in [5, 5.41) is 0. The average Bonchev–Trinajstić information content (AvgIpc) is 1.97. The smallest absolute Gasteiger partial charge is 0.261 e. The molecule has 0 bridgehead atoms. The van der Waals surface area contributed by atoms with Gasteiger partial charge in [-0.15, -0.1) is 0 Å². The summed E-state index contributed by atoms with van der Waals surface area (Å²) in [6.45, 7) is -4.52. The number of nitrogens with zero attached hydrogens (tertiary/aromatic N) is 1. The van der Waals surface area contributed by atoms with Crippen molar-refractivity contribution in [1.29, 1.82) is 0 Å². The predicted molar refractivity (Wildman–Crippen MR) is 39.6 cm³/mol. The molecule has 0 rings (SSSR count). The van der Waals surface area contributed by atoms with E-state index in [0.29, 0.717) is 7.11 Å². The summed E-state index contributed by atoms with van der Waals surface area (Å²) < 4.78 is 95.2. The lowest BCUT2D eigenvalue weighted by Crippen LogP contribution is -2.44.